The molecule has 2 heterocycles. The van der Waals surface area contributed by atoms with Gasteiger partial charge in [0.05, 0.1) is 29.1 Å². The third-order valence-electron chi connectivity index (χ3n) is 4.57. The molecule has 118 valence electrons. The van der Waals surface area contributed by atoms with E-state index in [4.69, 9.17) is 10.2 Å². The van der Waals surface area contributed by atoms with Gasteiger partial charge in [-0.15, -0.1) is 0 Å². The van der Waals surface area contributed by atoms with Crippen LogP contribution in [0.5, 0.6) is 0 Å². The fraction of sp³-hybridized carbons (Fsp3) is 0.500. The Morgan fingerprint density at radius 3 is 3.00 bits per heavy atom. The first-order valence-electron chi connectivity index (χ1n) is 8.23. The molecule has 1 saturated heterocycles. The Kier molecular flexibility index (Phi) is 4.90. The maximum absolute atomic E-state index is 9.26. The zero-order valence-corrected chi connectivity index (χ0v) is 13.2. The minimum Gasteiger partial charge on any atom is -0.342 e. The van der Waals surface area contributed by atoms with Crippen LogP contribution in [-0.4, -0.2) is 34.5 Å². The smallest absolute Gasteiger partial charge is 0.111 e. The van der Waals surface area contributed by atoms with Gasteiger partial charge in [0.1, 0.15) is 5.82 Å². The van der Waals surface area contributed by atoms with Crippen molar-refractivity contribution in [3.63, 3.8) is 0 Å². The second-order valence-corrected chi connectivity index (χ2v) is 6.26. The van der Waals surface area contributed by atoms with Crippen molar-refractivity contribution in [3.05, 3.63) is 30.1 Å². The third-order valence-corrected chi connectivity index (χ3v) is 4.57. The van der Waals surface area contributed by atoms with E-state index in [2.05, 4.69) is 28.1 Å². The third kappa shape index (κ3) is 3.70. The lowest BCUT2D eigenvalue weighted by Gasteiger charge is -2.32. The van der Waals surface area contributed by atoms with Crippen molar-refractivity contribution in [2.75, 3.05) is 19.6 Å². The highest BCUT2D eigenvalue weighted by atomic mass is 15.1. The number of fused-ring (bicyclic) bond motifs is 1. The number of aromatic amines is 1. The van der Waals surface area contributed by atoms with Crippen molar-refractivity contribution in [3.8, 4) is 12.1 Å². The second-order valence-electron chi connectivity index (χ2n) is 6.26. The van der Waals surface area contributed by atoms with Gasteiger partial charge in [-0.05, 0) is 37.9 Å². The highest BCUT2D eigenvalue weighted by Crippen LogP contribution is 2.27. The molecular weight excluding hydrogens is 286 g/mol. The lowest BCUT2D eigenvalue weighted by molar-refractivity contribution is 0.187. The molecule has 3 rings (SSSR count). The highest BCUT2D eigenvalue weighted by Gasteiger charge is 2.25. The first-order chi connectivity index (χ1) is 11.3. The molecule has 0 saturated carbocycles. The van der Waals surface area contributed by atoms with Crippen molar-refractivity contribution in [1.82, 2.24) is 14.9 Å². The van der Waals surface area contributed by atoms with Gasteiger partial charge in [-0.3, -0.25) is 0 Å². The number of nitrogens with one attached hydrogen (secondary N) is 1. The van der Waals surface area contributed by atoms with E-state index in [1.54, 1.807) is 0 Å². The number of hydrogen-bond acceptors (Lipinski definition) is 4. The van der Waals surface area contributed by atoms with E-state index < -0.39 is 0 Å². The van der Waals surface area contributed by atoms with Crippen LogP contribution >= 0.6 is 0 Å². The summed E-state index contributed by atoms with van der Waals surface area (Å²) in [6.07, 6.45) is 3.38. The van der Waals surface area contributed by atoms with Gasteiger partial charge in [-0.1, -0.05) is 12.1 Å². The second kappa shape index (κ2) is 7.26. The number of aromatic nitrogens is 2. The molecule has 0 aliphatic carbocycles. The van der Waals surface area contributed by atoms with Gasteiger partial charge in [0, 0.05) is 25.4 Å². The van der Waals surface area contributed by atoms with Crippen molar-refractivity contribution in [2.24, 2.45) is 5.92 Å². The molecule has 0 radical (unpaired) electrons. The van der Waals surface area contributed by atoms with Crippen LogP contribution in [0.3, 0.4) is 0 Å². The first-order valence-corrected chi connectivity index (χ1v) is 8.23. The summed E-state index contributed by atoms with van der Waals surface area (Å²) in [6, 6.07) is 12.6. The van der Waals surface area contributed by atoms with Crippen LogP contribution in [0.25, 0.3) is 11.0 Å². The molecule has 2 unspecified atom stereocenters. The van der Waals surface area contributed by atoms with Crippen LogP contribution in [0.15, 0.2) is 24.3 Å². The molecule has 1 aromatic carbocycles. The average molecular weight is 307 g/mol. The van der Waals surface area contributed by atoms with Crippen LogP contribution in [0.4, 0.5) is 0 Å². The lowest BCUT2D eigenvalue weighted by Crippen LogP contribution is -2.37. The number of nitriles is 2. The number of imidazole rings is 1. The molecule has 0 amide bonds. The van der Waals surface area contributed by atoms with Gasteiger partial charge < -0.3 is 9.88 Å². The van der Waals surface area contributed by atoms with Gasteiger partial charge in [0.15, 0.2) is 0 Å². The van der Waals surface area contributed by atoms with Crippen molar-refractivity contribution < 1.29 is 0 Å². The normalized spacial score (nSPS) is 20.0. The molecule has 2 atom stereocenters. The van der Waals surface area contributed by atoms with Gasteiger partial charge in [0.25, 0.3) is 0 Å². The number of likely N-dealkylation sites (tertiary alicyclic amines) is 1. The van der Waals surface area contributed by atoms with E-state index in [9.17, 15) is 5.26 Å². The van der Waals surface area contributed by atoms with Gasteiger partial charge in [-0.2, -0.15) is 10.5 Å². The van der Waals surface area contributed by atoms with Gasteiger partial charge >= 0.3 is 0 Å². The SMILES string of the molecule is N#CCCC(C#N)CN1CCCC(c2nc3ccccc3[nH]2)C1. The Morgan fingerprint density at radius 2 is 2.22 bits per heavy atom. The number of H-pyrrole nitrogens is 1. The molecule has 1 aliphatic heterocycles. The van der Waals surface area contributed by atoms with Crippen LogP contribution in [0.2, 0.25) is 0 Å². The maximum Gasteiger partial charge on any atom is 0.111 e. The fourth-order valence-electron chi connectivity index (χ4n) is 3.36. The van der Waals surface area contributed by atoms with Crippen molar-refractivity contribution >= 4 is 11.0 Å². The highest BCUT2D eigenvalue weighted by molar-refractivity contribution is 5.74. The number of hydrogen-bond donors (Lipinski definition) is 1. The number of para-hydroxylation sites is 2. The summed E-state index contributed by atoms with van der Waals surface area (Å²) in [5.41, 5.74) is 2.10. The summed E-state index contributed by atoms with van der Waals surface area (Å²) in [6.45, 7) is 2.72. The summed E-state index contributed by atoms with van der Waals surface area (Å²) in [5, 5.41) is 17.9. The van der Waals surface area contributed by atoms with E-state index in [1.165, 1.54) is 0 Å². The predicted octanol–water partition coefficient (Wildman–Crippen LogP) is 3.19. The van der Waals surface area contributed by atoms with Crippen molar-refractivity contribution in [2.45, 2.75) is 31.6 Å². The lowest BCUT2D eigenvalue weighted by atomic mass is 9.95. The Balaban J connectivity index is 1.66. The molecule has 1 fully saturated rings. The first kappa shape index (κ1) is 15.5. The van der Waals surface area contributed by atoms with Crippen LogP contribution in [0.1, 0.15) is 37.4 Å². The molecule has 0 spiro atoms. The summed E-state index contributed by atoms with van der Waals surface area (Å²) in [4.78, 5) is 10.5. The van der Waals surface area contributed by atoms with E-state index in [0.717, 1.165) is 49.3 Å². The van der Waals surface area contributed by atoms with Crippen LogP contribution < -0.4 is 0 Å². The Morgan fingerprint density at radius 1 is 1.35 bits per heavy atom. The van der Waals surface area contributed by atoms with Crippen molar-refractivity contribution in [1.29, 1.82) is 10.5 Å². The van der Waals surface area contributed by atoms with Gasteiger partial charge in [0.2, 0.25) is 0 Å². The molecule has 1 N–H and O–H groups in total. The number of nitrogens with zero attached hydrogens (tertiary/aromatic N) is 4. The molecule has 1 aromatic heterocycles. The van der Waals surface area contributed by atoms with E-state index in [1.807, 2.05) is 18.2 Å². The van der Waals surface area contributed by atoms with E-state index in [0.29, 0.717) is 18.8 Å². The van der Waals surface area contributed by atoms with Crippen LogP contribution in [-0.2, 0) is 0 Å². The molecule has 5 nitrogen and oxygen atoms in total. The van der Waals surface area contributed by atoms with Crippen LogP contribution in [0, 0.1) is 28.6 Å². The number of rotatable bonds is 5. The standard InChI is InChI=1S/C18H21N5/c19-9-3-5-14(11-20)12-23-10-4-6-15(13-23)18-21-16-7-1-2-8-17(16)22-18/h1-2,7-8,14-15H,3-6,10,12-13H2,(H,21,22). The molecule has 5 heteroatoms. The summed E-state index contributed by atoms with van der Waals surface area (Å²) in [5.74, 6) is 1.40. The monoisotopic (exact) mass is 307 g/mol. The Hall–Kier alpha value is -2.37. The maximum atomic E-state index is 9.26. The zero-order chi connectivity index (χ0) is 16.1. The zero-order valence-electron chi connectivity index (χ0n) is 13.2. The molecule has 0 bridgehead atoms. The van der Waals surface area contributed by atoms with E-state index in [-0.39, 0.29) is 5.92 Å². The summed E-state index contributed by atoms with van der Waals surface area (Å²) < 4.78 is 0. The van der Waals surface area contributed by atoms with E-state index >= 15 is 0 Å². The minimum absolute atomic E-state index is 0.0518. The average Bonchev–Trinajstić information content (AvgIpc) is 3.03. The summed E-state index contributed by atoms with van der Waals surface area (Å²) in [7, 11) is 0. The largest absolute Gasteiger partial charge is 0.342 e. The quantitative estimate of drug-likeness (QED) is 0.920. The minimum atomic E-state index is -0.0518. The Labute approximate surface area is 136 Å². The fourth-order valence-corrected chi connectivity index (χ4v) is 3.36. The predicted molar refractivity (Wildman–Crippen MR) is 88.5 cm³/mol. The summed E-state index contributed by atoms with van der Waals surface area (Å²) >= 11 is 0. The Bertz CT molecular complexity index is 703. The molecule has 1 aliphatic rings. The van der Waals surface area contributed by atoms with Gasteiger partial charge in [-0.25, -0.2) is 4.98 Å². The topological polar surface area (TPSA) is 79.5 Å². The molecular formula is C18H21N5. The molecule has 2 aromatic rings. The number of benzene rings is 1. The number of piperidine rings is 1. The molecule has 23 heavy (non-hydrogen) atoms.